The Morgan fingerprint density at radius 3 is 2.73 bits per heavy atom. The molecule has 2 heterocycles. The maximum absolute atomic E-state index is 11.4. The van der Waals surface area contributed by atoms with Gasteiger partial charge < -0.3 is 10.2 Å². The van der Waals surface area contributed by atoms with Gasteiger partial charge in [-0.2, -0.15) is 0 Å². The van der Waals surface area contributed by atoms with Crippen molar-refractivity contribution < 1.29 is 4.79 Å². The molecule has 1 amide bonds. The highest BCUT2D eigenvalue weighted by Crippen LogP contribution is 2.32. The molecule has 116 valence electrons. The number of likely N-dealkylation sites (tertiary alicyclic amines) is 1. The van der Waals surface area contributed by atoms with E-state index in [1.54, 1.807) is 18.7 Å². The Kier molecular flexibility index (Phi) is 4.88. The Labute approximate surface area is 136 Å². The maximum atomic E-state index is 11.4. The van der Waals surface area contributed by atoms with Crippen LogP contribution in [0.4, 0.5) is 5.69 Å². The number of hydrogen-bond acceptors (Lipinski definition) is 3. The van der Waals surface area contributed by atoms with E-state index in [0.717, 1.165) is 32.4 Å². The Bertz CT molecular complexity index is 601. The molecule has 1 aromatic carbocycles. The van der Waals surface area contributed by atoms with Crippen LogP contribution in [-0.4, -0.2) is 29.9 Å². The fourth-order valence-corrected chi connectivity index (χ4v) is 3.69. The quantitative estimate of drug-likeness (QED) is 0.911. The van der Waals surface area contributed by atoms with Gasteiger partial charge in [-0.05, 0) is 41.7 Å². The summed E-state index contributed by atoms with van der Waals surface area (Å²) < 4.78 is 0. The minimum Gasteiger partial charge on any atom is -0.382 e. The van der Waals surface area contributed by atoms with Gasteiger partial charge in [-0.15, -0.1) is 11.8 Å². The molecule has 2 aliphatic heterocycles. The molecule has 0 saturated carbocycles. The van der Waals surface area contributed by atoms with E-state index in [0.29, 0.717) is 6.04 Å². The molecule has 0 spiro atoms. The van der Waals surface area contributed by atoms with Crippen molar-refractivity contribution in [2.45, 2.75) is 32.2 Å². The number of nitrogens with one attached hydrogen (secondary N) is 1. The van der Waals surface area contributed by atoms with Crippen LogP contribution < -0.4 is 5.32 Å². The molecular weight excluding hydrogens is 292 g/mol. The number of amides is 1. The van der Waals surface area contributed by atoms with Crippen molar-refractivity contribution in [2.75, 3.05) is 18.4 Å². The maximum Gasteiger partial charge on any atom is 0.219 e. The highest BCUT2D eigenvalue weighted by atomic mass is 32.2. The van der Waals surface area contributed by atoms with E-state index in [9.17, 15) is 4.79 Å². The van der Waals surface area contributed by atoms with Gasteiger partial charge in [0.25, 0.3) is 0 Å². The van der Waals surface area contributed by atoms with Crippen LogP contribution in [0.1, 0.15) is 31.7 Å². The van der Waals surface area contributed by atoms with Crippen LogP contribution in [0, 0.1) is 0 Å². The summed E-state index contributed by atoms with van der Waals surface area (Å²) in [6, 6.07) is 8.99. The smallest absolute Gasteiger partial charge is 0.219 e. The number of rotatable bonds is 3. The molecule has 1 saturated heterocycles. The lowest BCUT2D eigenvalue weighted by Crippen LogP contribution is -2.41. The van der Waals surface area contributed by atoms with Crippen molar-refractivity contribution in [1.82, 2.24) is 4.90 Å². The van der Waals surface area contributed by atoms with Crippen molar-refractivity contribution in [1.29, 1.82) is 0 Å². The van der Waals surface area contributed by atoms with Gasteiger partial charge in [-0.25, -0.2) is 0 Å². The van der Waals surface area contributed by atoms with E-state index in [4.69, 9.17) is 0 Å². The van der Waals surface area contributed by atoms with E-state index in [1.807, 2.05) is 4.90 Å². The van der Waals surface area contributed by atoms with Crippen molar-refractivity contribution >= 4 is 28.9 Å². The topological polar surface area (TPSA) is 32.3 Å². The summed E-state index contributed by atoms with van der Waals surface area (Å²) in [6.45, 7) is 3.37. The third-order valence-corrected chi connectivity index (χ3v) is 5.07. The number of piperidine rings is 1. The Hall–Kier alpha value is -1.68. The standard InChI is InChI=1S/C18H22N2OS/c1-14(21)20-10-8-16(9-11-20)19-18-7-3-2-6-17(18)15-5-4-12-22-13-15/h2-4,6-7,12-13,16,19H,5,8-11H2,1H3. The van der Waals surface area contributed by atoms with Gasteiger partial charge in [0.05, 0.1) is 0 Å². The fraction of sp³-hybridized carbons (Fsp3) is 0.389. The van der Waals surface area contributed by atoms with Crippen LogP contribution in [0.2, 0.25) is 0 Å². The van der Waals surface area contributed by atoms with E-state index in [2.05, 4.69) is 46.5 Å². The van der Waals surface area contributed by atoms with Crippen LogP contribution in [0.15, 0.2) is 41.2 Å². The Morgan fingerprint density at radius 2 is 2.05 bits per heavy atom. The van der Waals surface area contributed by atoms with Crippen molar-refractivity contribution in [3.63, 3.8) is 0 Å². The first-order valence-electron chi connectivity index (χ1n) is 7.85. The number of anilines is 1. The van der Waals surface area contributed by atoms with Gasteiger partial charge in [0, 0.05) is 37.3 Å². The molecule has 3 rings (SSSR count). The van der Waals surface area contributed by atoms with Crippen LogP contribution >= 0.6 is 11.8 Å². The lowest BCUT2D eigenvalue weighted by Gasteiger charge is -2.32. The summed E-state index contributed by atoms with van der Waals surface area (Å²) in [5, 5.41) is 8.07. The zero-order valence-corrected chi connectivity index (χ0v) is 13.7. The molecule has 1 fully saturated rings. The van der Waals surface area contributed by atoms with E-state index >= 15 is 0 Å². The molecule has 0 aliphatic carbocycles. The Morgan fingerprint density at radius 1 is 1.27 bits per heavy atom. The molecule has 1 N–H and O–H groups in total. The molecule has 0 atom stereocenters. The first-order valence-corrected chi connectivity index (χ1v) is 8.79. The summed E-state index contributed by atoms with van der Waals surface area (Å²) in [5.74, 6) is 0.190. The van der Waals surface area contributed by atoms with Crippen molar-refractivity contribution in [3.05, 3.63) is 46.7 Å². The number of thioether (sulfide) groups is 1. The van der Waals surface area contributed by atoms with E-state index in [-0.39, 0.29) is 5.91 Å². The number of carbonyl (C=O) groups is 1. The number of hydrogen-bond donors (Lipinski definition) is 1. The zero-order valence-electron chi connectivity index (χ0n) is 12.9. The average Bonchev–Trinajstić information content (AvgIpc) is 2.57. The normalized spacial score (nSPS) is 19.0. The number of nitrogens with zero attached hydrogens (tertiary/aromatic N) is 1. The summed E-state index contributed by atoms with van der Waals surface area (Å²) in [5.41, 5.74) is 3.89. The van der Waals surface area contributed by atoms with Gasteiger partial charge >= 0.3 is 0 Å². The third-order valence-electron chi connectivity index (χ3n) is 4.30. The second-order valence-electron chi connectivity index (χ2n) is 5.83. The van der Waals surface area contributed by atoms with Crippen molar-refractivity contribution in [3.8, 4) is 0 Å². The molecule has 0 radical (unpaired) electrons. The van der Waals surface area contributed by atoms with Gasteiger partial charge in [0.15, 0.2) is 0 Å². The first-order chi connectivity index (χ1) is 10.7. The predicted molar refractivity (Wildman–Crippen MR) is 94.7 cm³/mol. The summed E-state index contributed by atoms with van der Waals surface area (Å²) in [4.78, 5) is 13.4. The minimum absolute atomic E-state index is 0.190. The molecule has 4 heteroatoms. The summed E-state index contributed by atoms with van der Waals surface area (Å²) in [6.07, 6.45) is 5.24. The lowest BCUT2D eigenvalue weighted by atomic mass is 9.99. The molecular formula is C18H22N2OS. The molecule has 22 heavy (non-hydrogen) atoms. The fourth-order valence-electron chi connectivity index (χ4n) is 3.02. The van der Waals surface area contributed by atoms with Crippen LogP contribution in [0.3, 0.4) is 0 Å². The molecule has 0 bridgehead atoms. The van der Waals surface area contributed by atoms with E-state index < -0.39 is 0 Å². The molecule has 0 aromatic heterocycles. The number of carbonyl (C=O) groups excluding carboxylic acids is 1. The predicted octanol–water partition coefficient (Wildman–Crippen LogP) is 4.10. The lowest BCUT2D eigenvalue weighted by molar-refractivity contribution is -0.129. The minimum atomic E-state index is 0.190. The molecule has 3 nitrogen and oxygen atoms in total. The number of para-hydroxylation sites is 1. The number of benzene rings is 1. The zero-order chi connectivity index (χ0) is 15.4. The largest absolute Gasteiger partial charge is 0.382 e. The van der Waals surface area contributed by atoms with Crippen LogP contribution in [0.25, 0.3) is 5.57 Å². The average molecular weight is 314 g/mol. The monoisotopic (exact) mass is 314 g/mol. The van der Waals surface area contributed by atoms with Gasteiger partial charge in [-0.1, -0.05) is 24.3 Å². The van der Waals surface area contributed by atoms with Gasteiger partial charge in [-0.3, -0.25) is 4.79 Å². The van der Waals surface area contributed by atoms with Crippen molar-refractivity contribution in [2.24, 2.45) is 0 Å². The summed E-state index contributed by atoms with van der Waals surface area (Å²) >= 11 is 1.74. The second-order valence-corrected chi connectivity index (χ2v) is 6.61. The van der Waals surface area contributed by atoms with Crippen LogP contribution in [-0.2, 0) is 4.79 Å². The van der Waals surface area contributed by atoms with E-state index in [1.165, 1.54) is 16.8 Å². The second kappa shape index (κ2) is 7.05. The highest BCUT2D eigenvalue weighted by molar-refractivity contribution is 8.05. The Balaban J connectivity index is 1.68. The third kappa shape index (κ3) is 3.55. The van der Waals surface area contributed by atoms with Crippen LogP contribution in [0.5, 0.6) is 0 Å². The van der Waals surface area contributed by atoms with Gasteiger partial charge in [0.1, 0.15) is 0 Å². The number of allylic oxidation sites excluding steroid dienone is 2. The molecule has 2 aliphatic rings. The highest BCUT2D eigenvalue weighted by Gasteiger charge is 2.21. The summed E-state index contributed by atoms with van der Waals surface area (Å²) in [7, 11) is 0. The molecule has 1 aromatic rings. The molecule has 0 unspecified atom stereocenters. The first kappa shape index (κ1) is 15.2. The van der Waals surface area contributed by atoms with Gasteiger partial charge in [0.2, 0.25) is 5.91 Å². The SMILES string of the molecule is CC(=O)N1CCC(Nc2ccccc2C2=CSC=CC2)CC1.